The van der Waals surface area contributed by atoms with Crippen LogP contribution in [0.25, 0.3) is 0 Å². The van der Waals surface area contributed by atoms with Crippen molar-refractivity contribution < 1.29 is 129 Å². The Morgan fingerprint density at radius 3 is 1.69 bits per heavy atom. The highest BCUT2D eigenvalue weighted by molar-refractivity contribution is 7.33. The lowest BCUT2D eigenvalue weighted by Crippen LogP contribution is -2.71. The summed E-state index contributed by atoms with van der Waals surface area (Å²) in [5.41, 5.74) is 8.27. The molecule has 87 heavy (non-hydrogen) atoms. The number of allylic oxidation sites excluding steroid dienone is 2. The number of Topliss-reactive ketones (excluding diaryl/α,β-unsaturated/α-hetero) is 1. The smallest absolute Gasteiger partial charge is 0.510 e. The summed E-state index contributed by atoms with van der Waals surface area (Å²) in [5, 5.41) is 30.4. The molecule has 5 saturated heterocycles. The largest absolute Gasteiger partial charge is 0.699 e. The van der Waals surface area contributed by atoms with E-state index in [-0.39, 0.29) is 36.8 Å². The van der Waals surface area contributed by atoms with Gasteiger partial charge in [0.1, 0.15) is 35.9 Å². The van der Waals surface area contributed by atoms with Crippen LogP contribution in [0.5, 0.6) is 0 Å². The standard InChI is InChI=1S/C54H82N5O27P/c1-19-20(2)41(76-29(11)63)50(78-33(19)17-73-28(10)62)74-18-34-39(24(6)36(58-27(9)61)49(79-34)83-43-44(85-53(56)69)54(13,70)45(46(55)67)84-52(43)86-87(71)72-14)81-48-35(57-26(8)60)23(5)38(25(7)75-48)80-51-42(77-30(12)64)22(4)21(3)40(82-51)47(68)59-37-31(65)15-16-32(37)66/h19-25,33-36,38-45,48-52,70H,15-18H2,1-14H3,(H7-,55,56,57,58,59,60,61,65,66,67,68,69)/p+1/t19-,20-,21+,22-,23+,24+,25?,33?,34?,35?,36?,38-,39-,40?,41?,42?,43?,44+,45?,48-,49-,50+,51+,52+,54-/m0/s1. The molecule has 6 aliphatic rings. The molecule has 0 saturated carbocycles. The molecule has 6 rings (SSSR count). The summed E-state index contributed by atoms with van der Waals surface area (Å²) in [4.78, 5) is 116. The number of rotatable bonds is 22. The van der Waals surface area contributed by atoms with Gasteiger partial charge in [-0.15, -0.1) is 4.52 Å². The Hall–Kier alpha value is -5.61. The van der Waals surface area contributed by atoms with Crippen LogP contribution >= 0.6 is 8.25 Å². The predicted octanol–water partition coefficient (Wildman–Crippen LogP) is 0.325. The van der Waals surface area contributed by atoms with E-state index in [1.54, 1.807) is 48.5 Å². The molecule has 490 valence electrons. The van der Waals surface area contributed by atoms with Crippen LogP contribution in [0.1, 0.15) is 103 Å². The molecule has 0 radical (unpaired) electrons. The second kappa shape index (κ2) is 29.8. The summed E-state index contributed by atoms with van der Waals surface area (Å²) in [6.07, 6.45) is -24.9. The van der Waals surface area contributed by atoms with E-state index in [9.17, 15) is 57.9 Å². The van der Waals surface area contributed by atoms with Crippen LogP contribution in [0.2, 0.25) is 0 Å². The average molecular weight is 1270 g/mol. The van der Waals surface area contributed by atoms with Crippen molar-refractivity contribution in [1.29, 1.82) is 0 Å². The Kier molecular flexibility index (Phi) is 24.1. The second-order valence-corrected chi connectivity index (χ2v) is 24.1. The van der Waals surface area contributed by atoms with Crippen molar-refractivity contribution in [2.45, 2.75) is 219 Å². The number of esters is 3. The van der Waals surface area contributed by atoms with Crippen molar-refractivity contribution in [2.75, 3.05) is 20.3 Å². The highest BCUT2D eigenvalue weighted by Gasteiger charge is 2.63. The van der Waals surface area contributed by atoms with Crippen LogP contribution < -0.4 is 27.4 Å². The van der Waals surface area contributed by atoms with E-state index in [4.69, 9.17) is 82.1 Å². The Balaban J connectivity index is 1.40. The number of hydrogen-bond donors (Lipinski definition) is 7. The molecule has 33 heteroatoms. The minimum atomic E-state index is -3.11. The van der Waals surface area contributed by atoms with Gasteiger partial charge in [-0.2, -0.15) is 0 Å². The van der Waals surface area contributed by atoms with Crippen molar-refractivity contribution >= 4 is 61.7 Å². The minimum Gasteiger partial charge on any atom is -0.510 e. The van der Waals surface area contributed by atoms with E-state index < -0.39 is 214 Å². The highest BCUT2D eigenvalue weighted by Crippen LogP contribution is 2.44. The molecule has 1 aliphatic carbocycles. The molecule has 0 aromatic carbocycles. The zero-order valence-corrected chi connectivity index (χ0v) is 51.8. The first-order valence-corrected chi connectivity index (χ1v) is 29.6. The number of amides is 5. The normalized spacial score (nSPS) is 39.8. The molecule has 32 nitrogen and oxygen atoms in total. The zero-order chi connectivity index (χ0) is 64.8. The third-order valence-electron chi connectivity index (χ3n) is 16.7. The summed E-state index contributed by atoms with van der Waals surface area (Å²) in [7, 11) is -2.11. The van der Waals surface area contributed by atoms with Crippen LogP contribution in [-0.4, -0.2) is 200 Å². The first-order valence-electron chi connectivity index (χ1n) is 28.5. The van der Waals surface area contributed by atoms with E-state index in [2.05, 4.69) is 16.0 Å². The summed E-state index contributed by atoms with van der Waals surface area (Å²) in [5.74, 6) is -10.1. The molecule has 0 aromatic rings. The van der Waals surface area contributed by atoms with Gasteiger partial charge in [0.2, 0.25) is 24.0 Å². The van der Waals surface area contributed by atoms with E-state index >= 15 is 0 Å². The number of nitrogens with one attached hydrogen (secondary N) is 3. The Morgan fingerprint density at radius 2 is 1.16 bits per heavy atom. The molecule has 0 spiro atoms. The fourth-order valence-electron chi connectivity index (χ4n) is 11.8. The van der Waals surface area contributed by atoms with Gasteiger partial charge in [0.05, 0.1) is 50.2 Å². The van der Waals surface area contributed by atoms with Gasteiger partial charge in [0, 0.05) is 75.7 Å². The average Bonchev–Trinajstić information content (AvgIpc) is 1.27. The topological polar surface area (TPSA) is 438 Å². The molecular weight excluding hydrogens is 1180 g/mol. The quantitative estimate of drug-likeness (QED) is 0.0436. The Bertz CT molecular complexity index is 2590. The molecule has 9 N–H and O–H groups in total. The highest BCUT2D eigenvalue weighted by atomic mass is 31.1. The number of ether oxygens (including phenoxy) is 13. The van der Waals surface area contributed by atoms with Crippen LogP contribution in [0.3, 0.4) is 0 Å². The van der Waals surface area contributed by atoms with Gasteiger partial charge in [0.15, 0.2) is 61.5 Å². The predicted molar refractivity (Wildman–Crippen MR) is 289 cm³/mol. The van der Waals surface area contributed by atoms with E-state index in [1.807, 2.05) is 0 Å². The first kappa shape index (κ1) is 70.5. The van der Waals surface area contributed by atoms with Crippen molar-refractivity contribution in [3.8, 4) is 0 Å². The van der Waals surface area contributed by atoms with Crippen molar-refractivity contribution in [3.05, 3.63) is 11.5 Å². The number of primary amides is 2. The fraction of sp³-hybridized carbons (Fsp3) is 0.796. The van der Waals surface area contributed by atoms with Gasteiger partial charge in [0.25, 0.3) is 5.91 Å². The monoisotopic (exact) mass is 1260 g/mol. The SMILES string of the molecule is CO[P+](=O)O[C@H]1OC(C(N)=O)[C@@](C)(O)[C@H](OC(N)=O)C1O[C@@H]1OC(CO[C@@H]2OC(COC(C)=O)[C@@H](C)[C@H](C)C2OC(C)=O)[C@@H](O[C@@H]2OC(C)[C@@H](O[C@@H]3OC(C(=O)NC4=C(O)CCC4=O)[C@H](C)[C@H](C)C3OC(C)=O)[C@H](C)C2NC(C)=O)[C@H](C)C1NC(C)=O. The van der Waals surface area contributed by atoms with Gasteiger partial charge in [-0.25, -0.2) is 4.79 Å². The van der Waals surface area contributed by atoms with Crippen molar-refractivity contribution in [2.24, 2.45) is 47.0 Å². The summed E-state index contributed by atoms with van der Waals surface area (Å²) >= 11 is 0. The third kappa shape index (κ3) is 16.8. The molecule has 5 fully saturated rings. The molecule has 26 atom stereocenters. The number of carbonyl (C=O) groups is 9. The van der Waals surface area contributed by atoms with Crippen LogP contribution in [0.15, 0.2) is 11.5 Å². The van der Waals surface area contributed by atoms with Gasteiger partial charge < -0.3 is 99.2 Å². The number of hydrogen-bond acceptors (Lipinski definition) is 27. The molecule has 5 heterocycles. The molecule has 5 aliphatic heterocycles. The zero-order valence-electron chi connectivity index (χ0n) is 50.9. The molecule has 0 aromatic heterocycles. The number of nitrogens with two attached hydrogens (primary N) is 2. The summed E-state index contributed by atoms with van der Waals surface area (Å²) in [6, 6.07) is -2.51. The molecule has 0 bridgehead atoms. The van der Waals surface area contributed by atoms with Crippen molar-refractivity contribution in [3.63, 3.8) is 0 Å². The van der Waals surface area contributed by atoms with Crippen LogP contribution in [0, 0.1) is 35.5 Å². The van der Waals surface area contributed by atoms with Crippen LogP contribution in [-0.2, 0) is 114 Å². The van der Waals surface area contributed by atoms with E-state index in [1.165, 1.54) is 27.7 Å². The van der Waals surface area contributed by atoms with E-state index in [0.717, 1.165) is 21.0 Å². The molecular formula is C54H83N5O27P+. The third-order valence-corrected chi connectivity index (χ3v) is 17.3. The summed E-state index contributed by atoms with van der Waals surface area (Å²) in [6.45, 7) is 18.1. The molecule has 5 amide bonds. The number of aliphatic hydroxyl groups is 2. The Morgan fingerprint density at radius 1 is 0.621 bits per heavy atom. The van der Waals surface area contributed by atoms with Crippen molar-refractivity contribution in [1.82, 2.24) is 16.0 Å². The minimum absolute atomic E-state index is 0.00898. The fourth-order valence-corrected chi connectivity index (χ4v) is 12.2. The lowest BCUT2D eigenvalue weighted by Gasteiger charge is -2.52. The number of aliphatic hydroxyl groups excluding tert-OH is 1. The summed E-state index contributed by atoms with van der Waals surface area (Å²) < 4.78 is 104. The van der Waals surface area contributed by atoms with Gasteiger partial charge >= 0.3 is 32.3 Å². The first-order chi connectivity index (χ1) is 40.7. The Labute approximate surface area is 502 Å². The molecule has 11 unspecified atom stereocenters. The van der Waals surface area contributed by atoms with E-state index in [0.29, 0.717) is 0 Å². The van der Waals surface area contributed by atoms with Gasteiger partial charge in [-0.1, -0.05) is 46.1 Å². The van der Waals surface area contributed by atoms with Crippen LogP contribution in [0.4, 0.5) is 4.79 Å². The lowest BCUT2D eigenvalue weighted by atomic mass is 9.82. The maximum absolute atomic E-state index is 13.9. The van der Waals surface area contributed by atoms with Gasteiger partial charge in [-0.05, 0) is 25.7 Å². The second-order valence-electron chi connectivity index (χ2n) is 23.0. The maximum atomic E-state index is 13.9. The number of ketones is 1. The lowest BCUT2D eigenvalue weighted by molar-refractivity contribution is -0.367. The number of carbonyl (C=O) groups excluding carboxylic acids is 9. The van der Waals surface area contributed by atoms with Gasteiger partial charge in [-0.3, -0.25) is 38.4 Å². The maximum Gasteiger partial charge on any atom is 0.699 e.